The lowest BCUT2D eigenvalue weighted by Gasteiger charge is -2.35. The third-order valence-electron chi connectivity index (χ3n) is 5.09. The summed E-state index contributed by atoms with van der Waals surface area (Å²) < 4.78 is 0. The summed E-state index contributed by atoms with van der Waals surface area (Å²) in [6.07, 6.45) is 6.29. The molecule has 3 rings (SSSR count). The number of fused-ring (bicyclic) bond motifs is 1. The van der Waals surface area contributed by atoms with Crippen molar-refractivity contribution in [1.82, 2.24) is 19.8 Å². The fraction of sp³-hybridized carbons (Fsp3) is 0.684. The number of carbonyl (C=O) groups excluding carboxylic acids is 2. The zero-order valence-corrected chi connectivity index (χ0v) is 15.5. The zero-order chi connectivity index (χ0) is 18.0. The summed E-state index contributed by atoms with van der Waals surface area (Å²) in [6, 6.07) is -0.00264. The Morgan fingerprint density at radius 3 is 2.80 bits per heavy atom. The number of rotatable bonds is 3. The van der Waals surface area contributed by atoms with Crippen molar-refractivity contribution in [3.05, 3.63) is 23.3 Å². The van der Waals surface area contributed by atoms with Gasteiger partial charge in [-0.25, -0.2) is 9.97 Å². The number of amides is 2. The predicted octanol–water partition coefficient (Wildman–Crippen LogP) is 2.48. The molecule has 0 saturated carbocycles. The van der Waals surface area contributed by atoms with Gasteiger partial charge in [0.2, 0.25) is 11.8 Å². The van der Waals surface area contributed by atoms with Gasteiger partial charge in [-0.05, 0) is 25.2 Å². The second-order valence-electron chi connectivity index (χ2n) is 7.59. The van der Waals surface area contributed by atoms with Crippen molar-refractivity contribution in [2.45, 2.75) is 65.5 Å². The molecule has 1 aromatic rings. The Labute approximate surface area is 149 Å². The molecule has 0 radical (unpaired) electrons. The molecular formula is C19H28N4O2. The van der Waals surface area contributed by atoms with Crippen LogP contribution in [-0.2, 0) is 22.6 Å². The number of hydrogen-bond donors (Lipinski definition) is 0. The molecule has 0 N–H and O–H groups in total. The van der Waals surface area contributed by atoms with Gasteiger partial charge in [0.05, 0.1) is 11.7 Å². The molecule has 1 fully saturated rings. The number of nitrogens with zero attached hydrogens (tertiary/aromatic N) is 4. The molecule has 2 amide bonds. The lowest BCUT2D eigenvalue weighted by atomic mass is 10.00. The molecule has 136 valence electrons. The van der Waals surface area contributed by atoms with E-state index in [9.17, 15) is 9.59 Å². The van der Waals surface area contributed by atoms with Gasteiger partial charge in [-0.15, -0.1) is 0 Å². The average molecular weight is 344 g/mol. The highest BCUT2D eigenvalue weighted by Gasteiger charge is 2.29. The molecule has 1 saturated heterocycles. The topological polar surface area (TPSA) is 66.4 Å². The van der Waals surface area contributed by atoms with Crippen LogP contribution in [0.25, 0.3) is 0 Å². The normalized spacial score (nSPS) is 20.6. The Morgan fingerprint density at radius 2 is 2.08 bits per heavy atom. The third-order valence-corrected chi connectivity index (χ3v) is 5.09. The standard InChI is InChI=1S/C19H28N4O2/c1-13(2)10-18(25)22-9-7-16-15(12-22)11-20-19(21-16)17-6-4-5-8-23(17)14(3)24/h11,13,17H,4-10,12H2,1-3H3. The number of carbonyl (C=O) groups is 2. The first kappa shape index (κ1) is 17.8. The summed E-state index contributed by atoms with van der Waals surface area (Å²) in [7, 11) is 0. The first-order valence-electron chi connectivity index (χ1n) is 9.35. The molecule has 6 heteroatoms. The van der Waals surface area contributed by atoms with E-state index in [1.807, 2.05) is 16.0 Å². The van der Waals surface area contributed by atoms with Gasteiger partial charge in [0.15, 0.2) is 5.82 Å². The van der Waals surface area contributed by atoms with Gasteiger partial charge in [-0.3, -0.25) is 9.59 Å². The number of piperidine rings is 1. The van der Waals surface area contributed by atoms with Crippen LogP contribution < -0.4 is 0 Å². The summed E-state index contributed by atoms with van der Waals surface area (Å²) in [5, 5.41) is 0. The first-order chi connectivity index (χ1) is 12.0. The Morgan fingerprint density at radius 1 is 1.28 bits per heavy atom. The largest absolute Gasteiger partial charge is 0.338 e. The molecule has 0 spiro atoms. The monoisotopic (exact) mass is 344 g/mol. The minimum absolute atomic E-state index is 0.00264. The highest BCUT2D eigenvalue weighted by atomic mass is 16.2. The summed E-state index contributed by atoms with van der Waals surface area (Å²) >= 11 is 0. The van der Waals surface area contributed by atoms with Gasteiger partial charge in [0.25, 0.3) is 0 Å². The number of aromatic nitrogens is 2. The van der Waals surface area contributed by atoms with Crippen LogP contribution in [0.1, 0.15) is 69.6 Å². The summed E-state index contributed by atoms with van der Waals surface area (Å²) in [4.78, 5) is 37.3. The summed E-state index contributed by atoms with van der Waals surface area (Å²) in [5.41, 5.74) is 2.07. The van der Waals surface area contributed by atoms with Gasteiger partial charge in [0, 0.05) is 51.2 Å². The fourth-order valence-corrected chi connectivity index (χ4v) is 3.76. The van der Waals surface area contributed by atoms with Crippen molar-refractivity contribution in [3.63, 3.8) is 0 Å². The van der Waals surface area contributed by atoms with Gasteiger partial charge in [-0.1, -0.05) is 13.8 Å². The van der Waals surface area contributed by atoms with Crippen LogP contribution in [-0.4, -0.2) is 44.7 Å². The molecule has 25 heavy (non-hydrogen) atoms. The van der Waals surface area contributed by atoms with E-state index in [4.69, 9.17) is 4.98 Å². The summed E-state index contributed by atoms with van der Waals surface area (Å²) in [5.74, 6) is 1.43. The van der Waals surface area contributed by atoms with Gasteiger partial charge >= 0.3 is 0 Å². The van der Waals surface area contributed by atoms with Crippen LogP contribution in [0.2, 0.25) is 0 Å². The van der Waals surface area contributed by atoms with Crippen LogP contribution in [0.5, 0.6) is 0 Å². The Kier molecular flexibility index (Phi) is 5.35. The zero-order valence-electron chi connectivity index (χ0n) is 15.5. The van der Waals surface area contributed by atoms with Gasteiger partial charge in [-0.2, -0.15) is 0 Å². The lowest BCUT2D eigenvalue weighted by molar-refractivity contribution is -0.133. The highest BCUT2D eigenvalue weighted by Crippen LogP contribution is 2.30. The van der Waals surface area contributed by atoms with E-state index in [2.05, 4.69) is 18.8 Å². The highest BCUT2D eigenvalue weighted by molar-refractivity contribution is 5.76. The van der Waals surface area contributed by atoms with Crippen LogP contribution in [0.3, 0.4) is 0 Å². The molecule has 6 nitrogen and oxygen atoms in total. The Hall–Kier alpha value is -1.98. The minimum atomic E-state index is -0.00264. The Bertz CT molecular complexity index is 659. The minimum Gasteiger partial charge on any atom is -0.338 e. The molecular weight excluding hydrogens is 316 g/mol. The van der Waals surface area contributed by atoms with E-state index < -0.39 is 0 Å². The molecule has 2 aliphatic heterocycles. The maximum atomic E-state index is 12.3. The summed E-state index contributed by atoms with van der Waals surface area (Å²) in [6.45, 7) is 7.86. The second-order valence-corrected chi connectivity index (χ2v) is 7.59. The van der Waals surface area contributed by atoms with E-state index in [1.54, 1.807) is 6.92 Å². The lowest BCUT2D eigenvalue weighted by Crippen LogP contribution is -2.39. The molecule has 1 unspecified atom stereocenters. The van der Waals surface area contributed by atoms with Crippen molar-refractivity contribution >= 4 is 11.8 Å². The maximum Gasteiger partial charge on any atom is 0.223 e. The molecule has 0 aromatic carbocycles. The van der Waals surface area contributed by atoms with E-state index in [0.717, 1.165) is 55.9 Å². The van der Waals surface area contributed by atoms with Crippen LogP contribution in [0.4, 0.5) is 0 Å². The number of hydrogen-bond acceptors (Lipinski definition) is 4. The smallest absolute Gasteiger partial charge is 0.223 e. The van der Waals surface area contributed by atoms with Crippen molar-refractivity contribution in [1.29, 1.82) is 0 Å². The molecule has 2 aliphatic rings. The third kappa shape index (κ3) is 3.99. The SMILES string of the molecule is CC(=O)N1CCCCC1c1ncc2c(n1)CCN(C(=O)CC(C)C)C2. The molecule has 1 atom stereocenters. The van der Waals surface area contributed by atoms with Gasteiger partial charge in [0.1, 0.15) is 0 Å². The second kappa shape index (κ2) is 7.50. The average Bonchev–Trinajstić information content (AvgIpc) is 2.60. The first-order valence-corrected chi connectivity index (χ1v) is 9.35. The van der Waals surface area contributed by atoms with Crippen LogP contribution in [0.15, 0.2) is 6.20 Å². The molecule has 1 aromatic heterocycles. The van der Waals surface area contributed by atoms with E-state index in [0.29, 0.717) is 18.9 Å². The van der Waals surface area contributed by atoms with Crippen molar-refractivity contribution in [2.75, 3.05) is 13.1 Å². The quantitative estimate of drug-likeness (QED) is 0.845. The van der Waals surface area contributed by atoms with Crippen LogP contribution in [0, 0.1) is 5.92 Å². The van der Waals surface area contributed by atoms with Crippen molar-refractivity contribution < 1.29 is 9.59 Å². The molecule has 3 heterocycles. The van der Waals surface area contributed by atoms with Gasteiger partial charge < -0.3 is 9.80 Å². The maximum absolute atomic E-state index is 12.3. The van der Waals surface area contributed by atoms with Crippen molar-refractivity contribution in [2.24, 2.45) is 5.92 Å². The van der Waals surface area contributed by atoms with E-state index >= 15 is 0 Å². The van der Waals surface area contributed by atoms with Crippen molar-refractivity contribution in [3.8, 4) is 0 Å². The molecule has 0 aliphatic carbocycles. The number of likely N-dealkylation sites (tertiary alicyclic amines) is 1. The molecule has 0 bridgehead atoms. The fourth-order valence-electron chi connectivity index (χ4n) is 3.76. The van der Waals surface area contributed by atoms with E-state index in [-0.39, 0.29) is 17.9 Å². The van der Waals surface area contributed by atoms with E-state index in [1.165, 1.54) is 0 Å². The predicted molar refractivity (Wildman–Crippen MR) is 94.6 cm³/mol. The Balaban J connectivity index is 1.75. The van der Waals surface area contributed by atoms with Crippen LogP contribution >= 0.6 is 0 Å².